The van der Waals surface area contributed by atoms with Gasteiger partial charge in [-0.1, -0.05) is 81.9 Å². The van der Waals surface area contributed by atoms with Crippen LogP contribution >= 0.6 is 97.7 Å². The molecule has 0 bridgehead atoms. The summed E-state index contributed by atoms with van der Waals surface area (Å²) in [6.45, 7) is 10.8. The minimum absolute atomic E-state index is 0.0715. The number of ether oxygens (including phenoxy) is 3. The monoisotopic (exact) mass is 1640 g/mol. The Morgan fingerprint density at radius 2 is 0.845 bits per heavy atom. The van der Waals surface area contributed by atoms with E-state index in [-0.39, 0.29) is 50.0 Å². The van der Waals surface area contributed by atoms with Crippen LogP contribution in [0.1, 0.15) is 70.6 Å². The average molecular weight is 1650 g/mol. The van der Waals surface area contributed by atoms with Crippen molar-refractivity contribution in [1.82, 2.24) is 44.8 Å². The molecule has 0 spiro atoms. The number of nitrogens with two attached hydrogens (primary N) is 3. The Kier molecular flexibility index (Phi) is 26.2. The number of amidine groups is 3. The Labute approximate surface area is 601 Å². The van der Waals surface area contributed by atoms with Crippen molar-refractivity contribution in [2.24, 2.45) is 32.2 Å². The fraction of sp³-hybridized carbons (Fsp3) is 0.333. The third-order valence-corrected chi connectivity index (χ3v) is 20.0. The topological polar surface area (TPSA) is 312 Å². The van der Waals surface area contributed by atoms with E-state index in [1.165, 1.54) is 70.4 Å². The number of benzene rings is 3. The number of carbonyl (C=O) groups is 6. The zero-order chi connectivity index (χ0) is 69.6. The number of piperazine rings is 3. The van der Waals surface area contributed by atoms with Crippen LogP contribution < -0.4 is 22.5 Å². The molecule has 6 aliphatic rings. The normalized spacial score (nSPS) is 18.4. The molecular formula is C63H64Br4F3N15O9S3. The van der Waals surface area contributed by atoms with Crippen molar-refractivity contribution in [1.29, 1.82) is 0 Å². The molecule has 34 heteroatoms. The predicted octanol–water partition coefficient (Wildman–Crippen LogP) is 8.07. The van der Waals surface area contributed by atoms with Gasteiger partial charge in [0.25, 0.3) is 0 Å². The van der Waals surface area contributed by atoms with E-state index in [0.717, 1.165) is 23.1 Å². The number of primary amides is 3. The van der Waals surface area contributed by atoms with E-state index in [0.29, 0.717) is 132 Å². The molecule has 3 atom stereocenters. The molecule has 3 amide bonds. The summed E-state index contributed by atoms with van der Waals surface area (Å²) in [6.07, 6.45) is 5.12. The van der Waals surface area contributed by atoms with Gasteiger partial charge in [-0.15, -0.1) is 34.0 Å². The van der Waals surface area contributed by atoms with Crippen LogP contribution in [0, 0.1) is 17.5 Å². The third-order valence-electron chi connectivity index (χ3n) is 15.1. The minimum Gasteiger partial charge on any atom is -0.463 e. The summed E-state index contributed by atoms with van der Waals surface area (Å²) in [5.74, 6) is -1.82. The molecule has 3 fully saturated rings. The second-order valence-corrected chi connectivity index (χ2v) is 27.2. The van der Waals surface area contributed by atoms with Gasteiger partial charge < -0.3 is 51.4 Å². The zero-order valence-corrected chi connectivity index (χ0v) is 61.0. The van der Waals surface area contributed by atoms with Gasteiger partial charge in [0.15, 0.2) is 32.5 Å². The maximum absolute atomic E-state index is 13.8. The summed E-state index contributed by atoms with van der Waals surface area (Å²) < 4.78 is 58.9. The maximum Gasteiger partial charge on any atom is 0.338 e. The number of nitrogens with one attached hydrogen (secondary N) is 1. The number of carbonyl (C=O) groups excluding carboxylic acids is 6. The number of hydrogen-bond acceptors (Lipinski definition) is 24. The molecule has 512 valence electrons. The quantitative estimate of drug-likeness (QED) is 0.0381. The third kappa shape index (κ3) is 17.9. The minimum atomic E-state index is -0.734. The average Bonchev–Trinajstić information content (AvgIpc) is 1.65. The molecule has 3 aromatic heterocycles. The van der Waals surface area contributed by atoms with Crippen molar-refractivity contribution in [3.05, 3.63) is 186 Å². The van der Waals surface area contributed by atoms with Crippen LogP contribution in [0.2, 0.25) is 0 Å². The predicted molar refractivity (Wildman–Crippen MR) is 375 cm³/mol. The van der Waals surface area contributed by atoms with Crippen LogP contribution in [0.5, 0.6) is 0 Å². The van der Waals surface area contributed by atoms with Crippen molar-refractivity contribution in [2.75, 3.05) is 97.1 Å². The molecule has 0 saturated carbocycles. The first-order valence-electron chi connectivity index (χ1n) is 30.0. The van der Waals surface area contributed by atoms with Crippen molar-refractivity contribution in [3.8, 4) is 0 Å². The molecule has 3 unspecified atom stereocenters. The molecule has 9 heterocycles. The van der Waals surface area contributed by atoms with Crippen LogP contribution in [0.25, 0.3) is 0 Å². The fourth-order valence-corrected chi connectivity index (χ4v) is 14.8. The van der Waals surface area contributed by atoms with E-state index >= 15 is 0 Å². The number of aromatic nitrogens is 3. The summed E-state index contributed by atoms with van der Waals surface area (Å²) >= 11 is 17.5. The second kappa shape index (κ2) is 34.4. The molecule has 24 nitrogen and oxygen atoms in total. The first kappa shape index (κ1) is 73.8. The lowest BCUT2D eigenvalue weighted by atomic mass is 9.93. The zero-order valence-electron chi connectivity index (χ0n) is 52.2. The van der Waals surface area contributed by atoms with Crippen molar-refractivity contribution >= 4 is 151 Å². The smallest absolute Gasteiger partial charge is 0.338 e. The van der Waals surface area contributed by atoms with Gasteiger partial charge in [0, 0.05) is 124 Å². The van der Waals surface area contributed by atoms with E-state index in [2.05, 4.69) is 89.7 Å². The van der Waals surface area contributed by atoms with Crippen molar-refractivity contribution in [2.45, 2.75) is 38.9 Å². The van der Waals surface area contributed by atoms with Gasteiger partial charge in [-0.25, -0.2) is 42.5 Å². The Morgan fingerprint density at radius 3 is 1.13 bits per heavy atom. The van der Waals surface area contributed by atoms with Gasteiger partial charge in [-0.3, -0.25) is 39.2 Å². The number of aliphatic imine (C=N–C) groups is 3. The SMILES string of the molecule is CCOC(=O)C1=C2CN(CC(N)=O)CCN2C(c2nccs2)=NC1c1ccc(F)cc1Br.CCOC(=O)C1=C2CN(CC(N)=O)CCN2C(c2nccs2)=NC1c1ccc(F)cc1Br.CCOC(=O)C1=C2CNCCN2C(c2nccs2)=NC1c1ccc(F)cc1Br.NC(=O)CBr. The van der Waals surface area contributed by atoms with Crippen LogP contribution in [0.3, 0.4) is 0 Å². The Hall–Kier alpha value is -7.41. The lowest BCUT2D eigenvalue weighted by Crippen LogP contribution is -2.52. The second-order valence-electron chi connectivity index (χ2n) is 21.4. The summed E-state index contributed by atoms with van der Waals surface area (Å²) in [5.41, 5.74) is 20.8. The summed E-state index contributed by atoms with van der Waals surface area (Å²) in [7, 11) is 0. The van der Waals surface area contributed by atoms with E-state index in [1.807, 2.05) is 40.6 Å². The first-order valence-corrected chi connectivity index (χ1v) is 36.2. The van der Waals surface area contributed by atoms with Gasteiger partial charge in [0.2, 0.25) is 17.7 Å². The molecular weight excluding hydrogens is 1580 g/mol. The largest absolute Gasteiger partial charge is 0.463 e. The van der Waals surface area contributed by atoms with Gasteiger partial charge in [-0.05, 0) is 73.9 Å². The lowest BCUT2D eigenvalue weighted by molar-refractivity contribution is -0.140. The summed E-state index contributed by atoms with van der Waals surface area (Å²) in [6, 6.07) is 10.9. The highest BCUT2D eigenvalue weighted by atomic mass is 79.9. The number of thiazole rings is 3. The van der Waals surface area contributed by atoms with Gasteiger partial charge >= 0.3 is 17.9 Å². The van der Waals surface area contributed by atoms with Crippen LogP contribution in [0.4, 0.5) is 13.2 Å². The van der Waals surface area contributed by atoms with E-state index in [9.17, 15) is 41.9 Å². The van der Waals surface area contributed by atoms with Gasteiger partial charge in [0.05, 0.1) is 55.0 Å². The molecule has 0 radical (unpaired) electrons. The highest BCUT2D eigenvalue weighted by molar-refractivity contribution is 9.11. The number of alkyl halides is 1. The Bertz CT molecular complexity index is 3930. The lowest BCUT2D eigenvalue weighted by Gasteiger charge is -2.42. The summed E-state index contributed by atoms with van der Waals surface area (Å²) in [5, 5.41) is 11.4. The molecule has 0 aliphatic carbocycles. The first-order chi connectivity index (χ1) is 46.6. The number of halogens is 7. The molecule has 6 aliphatic heterocycles. The number of fused-ring (bicyclic) bond motifs is 3. The molecule has 97 heavy (non-hydrogen) atoms. The van der Waals surface area contributed by atoms with Gasteiger partial charge in [0.1, 0.15) is 35.6 Å². The molecule has 3 saturated heterocycles. The molecule has 7 N–H and O–H groups in total. The van der Waals surface area contributed by atoms with Crippen molar-refractivity contribution < 1.29 is 56.1 Å². The Balaban J connectivity index is 0.000000165. The van der Waals surface area contributed by atoms with Crippen LogP contribution in [-0.2, 0) is 43.0 Å². The van der Waals surface area contributed by atoms with Crippen molar-refractivity contribution in [3.63, 3.8) is 0 Å². The van der Waals surface area contributed by atoms with Crippen LogP contribution in [0.15, 0.2) is 152 Å². The van der Waals surface area contributed by atoms with Crippen LogP contribution in [-0.4, -0.2) is 190 Å². The summed E-state index contributed by atoms with van der Waals surface area (Å²) in [4.78, 5) is 110. The highest BCUT2D eigenvalue weighted by Gasteiger charge is 2.43. The number of esters is 3. The number of amides is 3. The molecule has 12 rings (SSSR count). The van der Waals surface area contributed by atoms with E-state index < -0.39 is 59.5 Å². The molecule has 3 aromatic carbocycles. The number of nitrogens with zero attached hydrogens (tertiary/aromatic N) is 11. The maximum atomic E-state index is 13.8. The molecule has 6 aromatic rings. The Morgan fingerprint density at radius 1 is 0.515 bits per heavy atom. The van der Waals surface area contributed by atoms with E-state index in [1.54, 1.807) is 57.6 Å². The standard InChI is InChI=1S/2C21H21BrFN5O3S.C19H18BrFN4O2S.C2H4BrNO/c2*1-2-31-21(30)17-15-10-27(11-16(24)29)6-7-28(15)19(20-25-5-8-32-20)26-18(17)13-4-3-12(23)9-14(13)22;1-2-27-19(26)15-14-10-22-5-7-25(14)17(18-23-6-8-28-18)24-16(15)12-4-3-11(21)9-13(12)20;3-1-2(4)5/h2*3-5,8-9,18H,2,6-7,10-11H2,1H3,(H2,24,29);3-4,6,8-9,16,22H,2,5,7,10H2,1H3;1H2,(H2,4,5). The number of rotatable bonds is 17. The number of hydrogen-bond donors (Lipinski definition) is 4. The van der Waals surface area contributed by atoms with E-state index in [4.69, 9.17) is 40.7 Å². The van der Waals surface area contributed by atoms with Gasteiger partial charge in [-0.2, -0.15) is 0 Å². The fourth-order valence-electron chi connectivity index (χ4n) is 11.2. The highest BCUT2D eigenvalue weighted by Crippen LogP contribution is 2.44.